The van der Waals surface area contributed by atoms with E-state index < -0.39 is 0 Å². The van der Waals surface area contributed by atoms with Gasteiger partial charge < -0.3 is 9.30 Å². The van der Waals surface area contributed by atoms with E-state index in [0.29, 0.717) is 0 Å². The molecule has 1 unspecified atom stereocenters. The van der Waals surface area contributed by atoms with E-state index >= 15 is 0 Å². The zero-order valence-corrected chi connectivity index (χ0v) is 9.04. The molecule has 2 aromatic rings. The van der Waals surface area contributed by atoms with Crippen LogP contribution >= 0.6 is 0 Å². The summed E-state index contributed by atoms with van der Waals surface area (Å²) < 4.78 is 7.68. The Morgan fingerprint density at radius 3 is 2.88 bits per heavy atom. The minimum absolute atomic E-state index is 0.185. The summed E-state index contributed by atoms with van der Waals surface area (Å²) in [6.07, 6.45) is 6.34. The summed E-state index contributed by atoms with van der Waals surface area (Å²) in [7, 11) is 0. The van der Waals surface area contributed by atoms with Gasteiger partial charge in [-0.3, -0.25) is 0 Å². The summed E-state index contributed by atoms with van der Waals surface area (Å²) in [4.78, 5) is 4.41. The third-order valence-corrected chi connectivity index (χ3v) is 2.91. The van der Waals surface area contributed by atoms with Crippen LogP contribution in [0.5, 0.6) is 0 Å². The van der Waals surface area contributed by atoms with E-state index in [0.717, 1.165) is 30.7 Å². The first-order valence-electron chi connectivity index (χ1n) is 5.64. The van der Waals surface area contributed by atoms with Crippen LogP contribution in [0.15, 0.2) is 42.9 Å². The van der Waals surface area contributed by atoms with E-state index in [4.69, 9.17) is 4.74 Å². The Hall–Kier alpha value is -1.61. The Labute approximate surface area is 94.7 Å². The van der Waals surface area contributed by atoms with E-state index in [1.165, 1.54) is 0 Å². The molecule has 2 heterocycles. The quantitative estimate of drug-likeness (QED) is 0.768. The number of hydrogen-bond donors (Lipinski definition) is 0. The second kappa shape index (κ2) is 4.10. The smallest absolute Gasteiger partial charge is 0.134 e. The second-order valence-corrected chi connectivity index (χ2v) is 4.04. The summed E-state index contributed by atoms with van der Waals surface area (Å²) in [6.45, 7) is 0.865. The minimum Gasteiger partial charge on any atom is -0.358 e. The van der Waals surface area contributed by atoms with Crippen molar-refractivity contribution >= 4 is 0 Å². The van der Waals surface area contributed by atoms with Crippen LogP contribution in [0, 0.1) is 0 Å². The fourth-order valence-electron chi connectivity index (χ4n) is 2.05. The molecule has 1 saturated heterocycles. The summed E-state index contributed by atoms with van der Waals surface area (Å²) in [6, 6.07) is 10.2. The van der Waals surface area contributed by atoms with Gasteiger partial charge in [-0.25, -0.2) is 4.98 Å². The first-order chi connectivity index (χ1) is 7.93. The standard InChI is InChI=1S/C13H14N2O/c1-2-5-11(6-3-1)12-9-15(10-14-12)13-7-4-8-16-13/h1-3,5-6,9-10,13H,4,7-8H2. The molecule has 0 bridgehead atoms. The Balaban J connectivity index is 1.87. The number of benzene rings is 1. The van der Waals surface area contributed by atoms with Crippen molar-refractivity contribution in [2.24, 2.45) is 0 Å². The SMILES string of the molecule is c1ccc(-c2cn(C3CCCO3)cn2)cc1. The molecular formula is C13H14N2O. The topological polar surface area (TPSA) is 27.1 Å². The molecule has 1 atom stereocenters. The molecule has 1 aliphatic heterocycles. The van der Waals surface area contributed by atoms with Gasteiger partial charge in [0.15, 0.2) is 0 Å². The first kappa shape index (κ1) is 9.60. The van der Waals surface area contributed by atoms with Crippen molar-refractivity contribution in [3.8, 4) is 11.3 Å². The Morgan fingerprint density at radius 1 is 1.25 bits per heavy atom. The molecule has 1 aromatic carbocycles. The Bertz CT molecular complexity index is 458. The highest BCUT2D eigenvalue weighted by Gasteiger charge is 2.17. The van der Waals surface area contributed by atoms with Crippen LogP contribution in [0.25, 0.3) is 11.3 Å². The summed E-state index contributed by atoms with van der Waals surface area (Å²) in [5.74, 6) is 0. The number of aromatic nitrogens is 2. The maximum absolute atomic E-state index is 5.61. The highest BCUT2D eigenvalue weighted by molar-refractivity contribution is 5.57. The third kappa shape index (κ3) is 1.74. The molecule has 16 heavy (non-hydrogen) atoms. The number of ether oxygens (including phenoxy) is 1. The highest BCUT2D eigenvalue weighted by Crippen LogP contribution is 2.25. The lowest BCUT2D eigenvalue weighted by atomic mass is 10.2. The molecule has 1 aromatic heterocycles. The van der Waals surface area contributed by atoms with Crippen LogP contribution in [0.3, 0.4) is 0 Å². The van der Waals surface area contributed by atoms with Crippen LogP contribution in [-0.2, 0) is 4.74 Å². The first-order valence-corrected chi connectivity index (χ1v) is 5.64. The lowest BCUT2D eigenvalue weighted by Gasteiger charge is -2.09. The molecule has 0 spiro atoms. The zero-order chi connectivity index (χ0) is 10.8. The van der Waals surface area contributed by atoms with Crippen molar-refractivity contribution in [3.05, 3.63) is 42.9 Å². The molecule has 82 valence electrons. The monoisotopic (exact) mass is 214 g/mol. The largest absolute Gasteiger partial charge is 0.358 e. The second-order valence-electron chi connectivity index (χ2n) is 4.04. The maximum Gasteiger partial charge on any atom is 0.134 e. The molecule has 0 saturated carbocycles. The van der Waals surface area contributed by atoms with E-state index in [-0.39, 0.29) is 6.23 Å². The molecule has 0 radical (unpaired) electrons. The van der Waals surface area contributed by atoms with Gasteiger partial charge in [0, 0.05) is 18.4 Å². The van der Waals surface area contributed by atoms with Gasteiger partial charge in [0.1, 0.15) is 6.23 Å². The van der Waals surface area contributed by atoms with E-state index in [9.17, 15) is 0 Å². The van der Waals surface area contributed by atoms with Gasteiger partial charge in [0.2, 0.25) is 0 Å². The summed E-state index contributed by atoms with van der Waals surface area (Å²) in [5, 5.41) is 0. The predicted octanol–water partition coefficient (Wildman–Crippen LogP) is 2.86. The lowest BCUT2D eigenvalue weighted by Crippen LogP contribution is -2.03. The van der Waals surface area contributed by atoms with Crippen LogP contribution in [0.4, 0.5) is 0 Å². The third-order valence-electron chi connectivity index (χ3n) is 2.91. The van der Waals surface area contributed by atoms with Gasteiger partial charge in [0.25, 0.3) is 0 Å². The molecular weight excluding hydrogens is 200 g/mol. The van der Waals surface area contributed by atoms with Gasteiger partial charge in [-0.15, -0.1) is 0 Å². The lowest BCUT2D eigenvalue weighted by molar-refractivity contribution is 0.0565. The van der Waals surface area contributed by atoms with Crippen molar-refractivity contribution in [1.82, 2.24) is 9.55 Å². The van der Waals surface area contributed by atoms with Gasteiger partial charge in [0.05, 0.1) is 12.0 Å². The van der Waals surface area contributed by atoms with Crippen molar-refractivity contribution in [1.29, 1.82) is 0 Å². The van der Waals surface area contributed by atoms with Crippen molar-refractivity contribution < 1.29 is 4.74 Å². The van der Waals surface area contributed by atoms with E-state index in [1.807, 2.05) is 24.5 Å². The zero-order valence-electron chi connectivity index (χ0n) is 9.04. The van der Waals surface area contributed by atoms with Gasteiger partial charge in [-0.1, -0.05) is 30.3 Å². The molecule has 3 nitrogen and oxygen atoms in total. The molecule has 0 amide bonds. The van der Waals surface area contributed by atoms with Gasteiger partial charge in [-0.05, 0) is 12.8 Å². The molecule has 0 N–H and O–H groups in total. The summed E-state index contributed by atoms with van der Waals surface area (Å²) in [5.41, 5.74) is 2.16. The fourth-order valence-corrected chi connectivity index (χ4v) is 2.05. The van der Waals surface area contributed by atoms with Crippen LogP contribution < -0.4 is 0 Å². The van der Waals surface area contributed by atoms with E-state index in [1.54, 1.807) is 0 Å². The number of rotatable bonds is 2. The van der Waals surface area contributed by atoms with Crippen molar-refractivity contribution in [2.45, 2.75) is 19.1 Å². The average Bonchev–Trinajstić information content (AvgIpc) is 3.01. The molecule has 0 aliphatic carbocycles. The number of hydrogen-bond acceptors (Lipinski definition) is 2. The van der Waals surface area contributed by atoms with Gasteiger partial charge in [-0.2, -0.15) is 0 Å². The normalized spacial score (nSPS) is 20.1. The van der Waals surface area contributed by atoms with Crippen molar-refractivity contribution in [3.63, 3.8) is 0 Å². The molecule has 3 heteroatoms. The predicted molar refractivity (Wildman–Crippen MR) is 61.9 cm³/mol. The number of nitrogens with zero attached hydrogens (tertiary/aromatic N) is 2. The van der Waals surface area contributed by atoms with E-state index in [2.05, 4.69) is 27.9 Å². The molecule has 1 aliphatic rings. The molecule has 1 fully saturated rings. The molecule has 3 rings (SSSR count). The fraction of sp³-hybridized carbons (Fsp3) is 0.308. The van der Waals surface area contributed by atoms with Gasteiger partial charge >= 0.3 is 0 Å². The maximum atomic E-state index is 5.61. The number of imidazole rings is 1. The van der Waals surface area contributed by atoms with Crippen LogP contribution in [0.2, 0.25) is 0 Å². The average molecular weight is 214 g/mol. The van der Waals surface area contributed by atoms with Crippen LogP contribution in [0.1, 0.15) is 19.1 Å². The highest BCUT2D eigenvalue weighted by atomic mass is 16.5. The summed E-state index contributed by atoms with van der Waals surface area (Å²) >= 11 is 0. The Morgan fingerprint density at radius 2 is 2.12 bits per heavy atom. The van der Waals surface area contributed by atoms with Crippen LogP contribution in [-0.4, -0.2) is 16.2 Å². The minimum atomic E-state index is 0.185. The van der Waals surface area contributed by atoms with Crippen molar-refractivity contribution in [2.75, 3.05) is 6.61 Å². The Kier molecular flexibility index (Phi) is 2.46.